The van der Waals surface area contributed by atoms with Gasteiger partial charge in [0.2, 0.25) is 11.8 Å². The van der Waals surface area contributed by atoms with Crippen molar-refractivity contribution in [2.45, 2.75) is 12.5 Å². The van der Waals surface area contributed by atoms with E-state index in [0.717, 1.165) is 5.56 Å². The van der Waals surface area contributed by atoms with E-state index in [0.29, 0.717) is 22.8 Å². The maximum Gasteiger partial charge on any atom is 0.251 e. The highest BCUT2D eigenvalue weighted by atomic mass is 16.5. The number of nitrogens with one attached hydrogen (secondary N) is 2. The predicted molar refractivity (Wildman–Crippen MR) is 128 cm³/mol. The number of anilines is 3. The molecule has 0 radical (unpaired) electrons. The summed E-state index contributed by atoms with van der Waals surface area (Å²) in [5, 5.41) is 5.57. The van der Waals surface area contributed by atoms with Crippen LogP contribution in [0.1, 0.15) is 12.0 Å². The first-order valence-electron chi connectivity index (χ1n) is 10.5. The Morgan fingerprint density at radius 3 is 2.42 bits per heavy atom. The molecule has 3 amide bonds. The van der Waals surface area contributed by atoms with Crippen LogP contribution in [0.5, 0.6) is 5.75 Å². The molecule has 7 nitrogen and oxygen atoms in total. The van der Waals surface area contributed by atoms with Crippen LogP contribution >= 0.6 is 0 Å². The van der Waals surface area contributed by atoms with Gasteiger partial charge in [0.05, 0.1) is 24.9 Å². The van der Waals surface area contributed by atoms with Crippen LogP contribution in [0, 0.1) is 0 Å². The Morgan fingerprint density at radius 1 is 1.00 bits per heavy atom. The van der Waals surface area contributed by atoms with E-state index in [9.17, 15) is 14.4 Å². The zero-order valence-electron chi connectivity index (χ0n) is 18.0. The zero-order chi connectivity index (χ0) is 23.2. The van der Waals surface area contributed by atoms with Gasteiger partial charge in [0, 0.05) is 11.8 Å². The Bertz CT molecular complexity index is 1190. The van der Waals surface area contributed by atoms with Crippen LogP contribution in [0.4, 0.5) is 17.1 Å². The minimum atomic E-state index is -0.994. The quantitative estimate of drug-likeness (QED) is 0.564. The van der Waals surface area contributed by atoms with E-state index < -0.39 is 11.9 Å². The highest BCUT2D eigenvalue weighted by molar-refractivity contribution is 6.16. The summed E-state index contributed by atoms with van der Waals surface area (Å²) in [6.45, 7) is 0. The molecule has 1 aliphatic heterocycles. The zero-order valence-corrected chi connectivity index (χ0v) is 18.0. The minimum Gasteiger partial charge on any atom is -0.497 e. The smallest absolute Gasteiger partial charge is 0.251 e. The van der Waals surface area contributed by atoms with Crippen molar-refractivity contribution in [3.05, 3.63) is 90.5 Å². The number of hydrogen-bond acceptors (Lipinski definition) is 4. The maximum atomic E-state index is 13.2. The molecule has 1 unspecified atom stereocenters. The van der Waals surface area contributed by atoms with Crippen molar-refractivity contribution in [1.82, 2.24) is 0 Å². The summed E-state index contributed by atoms with van der Waals surface area (Å²) in [6.07, 6.45) is 2.90. The second-order valence-electron chi connectivity index (χ2n) is 7.46. The van der Waals surface area contributed by atoms with Gasteiger partial charge in [-0.15, -0.1) is 0 Å². The van der Waals surface area contributed by atoms with Gasteiger partial charge < -0.3 is 15.4 Å². The van der Waals surface area contributed by atoms with Crippen molar-refractivity contribution >= 4 is 40.9 Å². The summed E-state index contributed by atoms with van der Waals surface area (Å²) in [4.78, 5) is 40.2. The number of para-hydroxylation sites is 2. The highest BCUT2D eigenvalue weighted by Gasteiger charge is 2.37. The van der Waals surface area contributed by atoms with Gasteiger partial charge in [0.25, 0.3) is 5.91 Å². The van der Waals surface area contributed by atoms with Gasteiger partial charge in [-0.2, -0.15) is 0 Å². The van der Waals surface area contributed by atoms with Crippen molar-refractivity contribution in [1.29, 1.82) is 0 Å². The van der Waals surface area contributed by atoms with Crippen molar-refractivity contribution in [2.24, 2.45) is 0 Å². The molecule has 166 valence electrons. The summed E-state index contributed by atoms with van der Waals surface area (Å²) in [7, 11) is 1.56. The van der Waals surface area contributed by atoms with Crippen LogP contribution in [0.15, 0.2) is 84.9 Å². The lowest BCUT2D eigenvalue weighted by Gasteiger charge is -2.35. The summed E-state index contributed by atoms with van der Waals surface area (Å²) in [5.41, 5.74) is 2.49. The van der Waals surface area contributed by atoms with E-state index in [1.165, 1.54) is 11.0 Å². The normalized spacial score (nSPS) is 15.0. The van der Waals surface area contributed by atoms with E-state index in [4.69, 9.17) is 4.74 Å². The number of carbonyl (C=O) groups is 3. The first kappa shape index (κ1) is 21.8. The van der Waals surface area contributed by atoms with E-state index in [2.05, 4.69) is 10.6 Å². The molecule has 7 heteroatoms. The summed E-state index contributed by atoms with van der Waals surface area (Å²) in [6, 6.07) is 22.3. The van der Waals surface area contributed by atoms with Crippen molar-refractivity contribution in [3.63, 3.8) is 0 Å². The third-order valence-corrected chi connectivity index (χ3v) is 5.24. The van der Waals surface area contributed by atoms with Gasteiger partial charge in [-0.1, -0.05) is 42.5 Å². The van der Waals surface area contributed by atoms with Crippen LogP contribution in [0.25, 0.3) is 6.08 Å². The van der Waals surface area contributed by atoms with Crippen molar-refractivity contribution < 1.29 is 19.1 Å². The van der Waals surface area contributed by atoms with Gasteiger partial charge in [-0.25, -0.2) is 0 Å². The van der Waals surface area contributed by atoms with Crippen LogP contribution in [0.3, 0.4) is 0 Å². The summed E-state index contributed by atoms with van der Waals surface area (Å²) in [5.74, 6) is -0.522. The molecule has 4 rings (SSSR count). The van der Waals surface area contributed by atoms with Gasteiger partial charge in [0.15, 0.2) is 0 Å². The molecular weight excluding hydrogens is 418 g/mol. The third kappa shape index (κ3) is 5.10. The number of carbonyl (C=O) groups excluding carboxylic acids is 3. The Morgan fingerprint density at radius 2 is 1.70 bits per heavy atom. The minimum absolute atomic E-state index is 0.197. The topological polar surface area (TPSA) is 87.7 Å². The van der Waals surface area contributed by atoms with E-state index in [1.807, 2.05) is 30.3 Å². The molecule has 33 heavy (non-hydrogen) atoms. The van der Waals surface area contributed by atoms with Gasteiger partial charge in [-0.3, -0.25) is 19.3 Å². The molecule has 0 aromatic heterocycles. The predicted octanol–water partition coefficient (Wildman–Crippen LogP) is 4.09. The number of hydrogen-bond donors (Lipinski definition) is 2. The SMILES string of the molecule is COc1ccc(NC(=O)CC2C(=O)Nc3ccccc3N2C(=O)/C=C/c2ccccc2)cc1. The lowest BCUT2D eigenvalue weighted by molar-refractivity contribution is -0.124. The molecule has 0 saturated heterocycles. The largest absolute Gasteiger partial charge is 0.497 e. The number of fused-ring (bicyclic) bond motifs is 1. The van der Waals surface area contributed by atoms with E-state index >= 15 is 0 Å². The summed E-state index contributed by atoms with van der Waals surface area (Å²) < 4.78 is 5.12. The fourth-order valence-corrected chi connectivity index (χ4v) is 3.62. The number of benzene rings is 3. The van der Waals surface area contributed by atoms with Crippen molar-refractivity contribution in [3.8, 4) is 5.75 Å². The molecule has 1 aliphatic rings. The molecule has 0 spiro atoms. The van der Waals surface area contributed by atoms with E-state index in [-0.39, 0.29) is 18.2 Å². The molecule has 2 N–H and O–H groups in total. The number of nitrogens with zero attached hydrogens (tertiary/aromatic N) is 1. The molecule has 3 aromatic carbocycles. The van der Waals surface area contributed by atoms with Crippen molar-refractivity contribution in [2.75, 3.05) is 22.6 Å². The van der Waals surface area contributed by atoms with E-state index in [1.54, 1.807) is 61.7 Å². The first-order chi connectivity index (χ1) is 16.0. The Hall–Kier alpha value is -4.39. The Kier molecular flexibility index (Phi) is 6.50. The monoisotopic (exact) mass is 441 g/mol. The van der Waals surface area contributed by atoms with Crippen LogP contribution in [0.2, 0.25) is 0 Å². The molecule has 0 saturated carbocycles. The number of amides is 3. The van der Waals surface area contributed by atoms with Crippen LogP contribution in [-0.4, -0.2) is 30.9 Å². The highest BCUT2D eigenvalue weighted by Crippen LogP contribution is 2.33. The number of rotatable bonds is 6. The molecule has 1 atom stereocenters. The molecular formula is C26H23N3O4. The summed E-state index contributed by atoms with van der Waals surface area (Å²) >= 11 is 0. The second-order valence-corrected chi connectivity index (χ2v) is 7.46. The fraction of sp³-hybridized carbons (Fsp3) is 0.115. The molecule has 0 aliphatic carbocycles. The van der Waals surface area contributed by atoms with Gasteiger partial charge >= 0.3 is 0 Å². The average molecular weight is 441 g/mol. The van der Waals surface area contributed by atoms with Crippen LogP contribution in [-0.2, 0) is 14.4 Å². The van der Waals surface area contributed by atoms with Crippen LogP contribution < -0.4 is 20.3 Å². The molecule has 1 heterocycles. The van der Waals surface area contributed by atoms with Gasteiger partial charge in [0.1, 0.15) is 11.8 Å². The lowest BCUT2D eigenvalue weighted by Crippen LogP contribution is -2.52. The fourth-order valence-electron chi connectivity index (χ4n) is 3.62. The second kappa shape index (κ2) is 9.82. The molecule has 3 aromatic rings. The Balaban J connectivity index is 1.57. The lowest BCUT2D eigenvalue weighted by atomic mass is 10.0. The molecule has 0 fully saturated rings. The van der Waals surface area contributed by atoms with Gasteiger partial charge in [-0.05, 0) is 48.0 Å². The first-order valence-corrected chi connectivity index (χ1v) is 10.5. The maximum absolute atomic E-state index is 13.2. The molecule has 0 bridgehead atoms. The number of ether oxygens (including phenoxy) is 1. The standard InChI is InChI=1S/C26H23N3O4/c1-33-20-14-12-19(13-15-20)27-24(30)17-23-26(32)28-21-9-5-6-10-22(21)29(23)25(31)16-11-18-7-3-2-4-8-18/h2-16,23H,17H2,1H3,(H,27,30)(H,28,32)/b16-11+. The third-order valence-electron chi connectivity index (χ3n) is 5.24. The average Bonchev–Trinajstić information content (AvgIpc) is 2.84. The number of methoxy groups -OCH3 is 1. The Labute approximate surface area is 191 Å².